The van der Waals surface area contributed by atoms with Crippen molar-refractivity contribution >= 4 is 17.7 Å². The van der Waals surface area contributed by atoms with E-state index in [1.54, 1.807) is 25.1 Å². The van der Waals surface area contributed by atoms with Gasteiger partial charge in [0.2, 0.25) is 6.79 Å². The van der Waals surface area contributed by atoms with E-state index in [0.29, 0.717) is 36.6 Å². The molecule has 0 aliphatic carbocycles. The van der Waals surface area contributed by atoms with Crippen LogP contribution in [0.1, 0.15) is 25.3 Å². The number of rotatable bonds is 5. The smallest absolute Gasteiger partial charge is 0.321 e. The normalized spacial score (nSPS) is 19.5. The minimum absolute atomic E-state index is 0.00571. The van der Waals surface area contributed by atoms with E-state index in [0.717, 1.165) is 12.1 Å². The number of likely N-dealkylation sites (tertiary alicyclic amines) is 1. The molecule has 32 heavy (non-hydrogen) atoms. The van der Waals surface area contributed by atoms with Crippen LogP contribution in [-0.2, 0) is 16.0 Å². The van der Waals surface area contributed by atoms with Crippen molar-refractivity contribution in [2.75, 3.05) is 31.8 Å². The summed E-state index contributed by atoms with van der Waals surface area (Å²) in [4.78, 5) is 27.4. The van der Waals surface area contributed by atoms with Crippen molar-refractivity contribution in [1.82, 2.24) is 4.90 Å². The Balaban J connectivity index is 1.54. The van der Waals surface area contributed by atoms with Gasteiger partial charge in [0.05, 0.1) is 12.0 Å². The highest BCUT2D eigenvalue weighted by Crippen LogP contribution is 2.37. The summed E-state index contributed by atoms with van der Waals surface area (Å²) in [5.74, 6) is -0.776. The molecule has 2 aliphatic heterocycles. The largest absolute Gasteiger partial charge is 0.466 e. The van der Waals surface area contributed by atoms with Crippen LogP contribution in [0.3, 0.4) is 0 Å². The lowest BCUT2D eigenvalue weighted by molar-refractivity contribution is -0.158. The Morgan fingerprint density at radius 2 is 1.97 bits per heavy atom. The second-order valence-electron chi connectivity index (χ2n) is 7.94. The molecule has 4 rings (SSSR count). The predicted molar refractivity (Wildman–Crippen MR) is 112 cm³/mol. The minimum Gasteiger partial charge on any atom is -0.466 e. The molecule has 170 valence electrons. The summed E-state index contributed by atoms with van der Waals surface area (Å²) in [5, 5.41) is 2.81. The van der Waals surface area contributed by atoms with Crippen molar-refractivity contribution in [1.29, 1.82) is 0 Å². The Morgan fingerprint density at radius 1 is 1.16 bits per heavy atom. The number of nitrogens with zero attached hydrogens (tertiary/aromatic N) is 1. The van der Waals surface area contributed by atoms with Gasteiger partial charge in [-0.15, -0.1) is 0 Å². The van der Waals surface area contributed by atoms with Crippen molar-refractivity contribution in [3.8, 4) is 11.5 Å². The summed E-state index contributed by atoms with van der Waals surface area (Å²) in [5.41, 5.74) is -0.396. The molecule has 0 spiro atoms. The Bertz CT molecular complexity index is 1030. The first-order valence-corrected chi connectivity index (χ1v) is 10.5. The molecule has 0 radical (unpaired) electrons. The third-order valence-corrected chi connectivity index (χ3v) is 5.74. The standard InChI is InChI=1S/C23H24F2N2O5/c1-2-30-21(28)23(12-15-4-5-16(24)10-18(15)25)8-3-9-27(13-23)22(29)26-17-6-7-19-20(11-17)32-14-31-19/h4-7,10-11H,2-3,8-9,12-14H2,1H3,(H,26,29). The number of ether oxygens (including phenoxy) is 3. The first-order chi connectivity index (χ1) is 15.4. The zero-order chi connectivity index (χ0) is 22.7. The number of amides is 2. The number of benzene rings is 2. The summed E-state index contributed by atoms with van der Waals surface area (Å²) < 4.78 is 43.6. The molecular weight excluding hydrogens is 422 g/mol. The van der Waals surface area contributed by atoms with E-state index in [2.05, 4.69) is 5.32 Å². The van der Waals surface area contributed by atoms with Crippen LogP contribution in [0.4, 0.5) is 19.3 Å². The Morgan fingerprint density at radius 3 is 2.75 bits per heavy atom. The van der Waals surface area contributed by atoms with Crippen LogP contribution in [0, 0.1) is 17.0 Å². The monoisotopic (exact) mass is 446 g/mol. The first kappa shape index (κ1) is 21.9. The maximum Gasteiger partial charge on any atom is 0.321 e. The van der Waals surface area contributed by atoms with Crippen LogP contribution in [-0.4, -0.2) is 43.4 Å². The number of esters is 1. The fourth-order valence-electron chi connectivity index (χ4n) is 4.18. The van der Waals surface area contributed by atoms with Crippen LogP contribution in [0.2, 0.25) is 0 Å². The predicted octanol–water partition coefficient (Wildman–Crippen LogP) is 4.11. The van der Waals surface area contributed by atoms with E-state index >= 15 is 0 Å². The van der Waals surface area contributed by atoms with Gasteiger partial charge < -0.3 is 24.4 Å². The number of carbonyl (C=O) groups excluding carboxylic acids is 2. The van der Waals surface area contributed by atoms with Crippen molar-refractivity contribution < 1.29 is 32.6 Å². The average molecular weight is 446 g/mol. The van der Waals surface area contributed by atoms with E-state index in [9.17, 15) is 18.4 Å². The summed E-state index contributed by atoms with van der Waals surface area (Å²) in [6.07, 6.45) is 0.971. The highest BCUT2D eigenvalue weighted by Gasteiger charge is 2.45. The van der Waals surface area contributed by atoms with Gasteiger partial charge in [-0.3, -0.25) is 4.79 Å². The number of nitrogens with one attached hydrogen (secondary N) is 1. The molecule has 9 heteroatoms. The minimum atomic E-state index is -1.13. The van der Waals surface area contributed by atoms with Gasteiger partial charge in [-0.05, 0) is 49.9 Å². The molecule has 7 nitrogen and oxygen atoms in total. The van der Waals surface area contributed by atoms with Crippen LogP contribution in [0.15, 0.2) is 36.4 Å². The summed E-state index contributed by atoms with van der Waals surface area (Å²) in [7, 11) is 0. The third-order valence-electron chi connectivity index (χ3n) is 5.74. The molecule has 2 amide bonds. The van der Waals surface area contributed by atoms with Crippen molar-refractivity contribution in [3.05, 3.63) is 53.6 Å². The number of fused-ring (bicyclic) bond motifs is 1. The van der Waals surface area contributed by atoms with Gasteiger partial charge in [0.15, 0.2) is 11.5 Å². The van der Waals surface area contributed by atoms with E-state index in [1.807, 2.05) is 0 Å². The SMILES string of the molecule is CCOC(=O)C1(Cc2ccc(F)cc2F)CCCN(C(=O)Nc2ccc3c(c2)OCO3)C1. The molecule has 0 bridgehead atoms. The van der Waals surface area contributed by atoms with Gasteiger partial charge in [-0.25, -0.2) is 13.6 Å². The number of halogens is 2. The number of hydrogen-bond acceptors (Lipinski definition) is 5. The highest BCUT2D eigenvalue weighted by molar-refractivity contribution is 5.90. The van der Waals surface area contributed by atoms with Gasteiger partial charge in [0.25, 0.3) is 0 Å². The van der Waals surface area contributed by atoms with E-state index in [1.165, 1.54) is 11.0 Å². The number of anilines is 1. The number of hydrogen-bond donors (Lipinski definition) is 1. The molecule has 0 aromatic heterocycles. The van der Waals surface area contributed by atoms with Crippen LogP contribution < -0.4 is 14.8 Å². The van der Waals surface area contributed by atoms with Crippen molar-refractivity contribution in [3.63, 3.8) is 0 Å². The van der Waals surface area contributed by atoms with Gasteiger partial charge in [-0.2, -0.15) is 0 Å². The topological polar surface area (TPSA) is 77.1 Å². The fourth-order valence-corrected chi connectivity index (χ4v) is 4.18. The quantitative estimate of drug-likeness (QED) is 0.700. The molecule has 1 unspecified atom stereocenters. The fraction of sp³-hybridized carbons (Fsp3) is 0.391. The first-order valence-electron chi connectivity index (χ1n) is 10.5. The zero-order valence-electron chi connectivity index (χ0n) is 17.7. The van der Waals surface area contributed by atoms with Crippen molar-refractivity contribution in [2.24, 2.45) is 5.41 Å². The van der Waals surface area contributed by atoms with E-state index in [-0.39, 0.29) is 31.9 Å². The van der Waals surface area contributed by atoms with Gasteiger partial charge >= 0.3 is 12.0 Å². The molecule has 1 atom stereocenters. The number of piperidine rings is 1. The zero-order valence-corrected chi connectivity index (χ0v) is 17.7. The molecule has 2 aliphatic rings. The van der Waals surface area contributed by atoms with Crippen molar-refractivity contribution in [2.45, 2.75) is 26.2 Å². The summed E-state index contributed by atoms with van der Waals surface area (Å²) in [6.45, 7) is 2.47. The Labute approximate surface area is 184 Å². The summed E-state index contributed by atoms with van der Waals surface area (Å²) >= 11 is 0. The van der Waals surface area contributed by atoms with Crippen LogP contribution >= 0.6 is 0 Å². The van der Waals surface area contributed by atoms with Crippen LogP contribution in [0.5, 0.6) is 11.5 Å². The maximum absolute atomic E-state index is 14.4. The van der Waals surface area contributed by atoms with Gasteiger partial charge in [-0.1, -0.05) is 6.07 Å². The van der Waals surface area contributed by atoms with Gasteiger partial charge in [0.1, 0.15) is 11.6 Å². The van der Waals surface area contributed by atoms with Crippen LogP contribution in [0.25, 0.3) is 0 Å². The summed E-state index contributed by atoms with van der Waals surface area (Å²) in [6, 6.07) is 7.95. The number of carbonyl (C=O) groups is 2. The lowest BCUT2D eigenvalue weighted by Crippen LogP contribution is -2.52. The molecule has 2 aromatic carbocycles. The van der Waals surface area contributed by atoms with E-state index in [4.69, 9.17) is 14.2 Å². The lowest BCUT2D eigenvalue weighted by Gasteiger charge is -2.41. The maximum atomic E-state index is 14.4. The molecule has 2 heterocycles. The second-order valence-corrected chi connectivity index (χ2v) is 7.94. The third kappa shape index (κ3) is 4.46. The van der Waals surface area contributed by atoms with E-state index < -0.39 is 29.0 Å². The lowest BCUT2D eigenvalue weighted by atomic mass is 9.75. The number of urea groups is 1. The highest BCUT2D eigenvalue weighted by atomic mass is 19.1. The Hall–Kier alpha value is -3.36. The molecule has 1 N–H and O–H groups in total. The molecule has 1 saturated heterocycles. The molecule has 1 fully saturated rings. The molecule has 2 aromatic rings. The second kappa shape index (κ2) is 9.02. The molecule has 0 saturated carbocycles. The average Bonchev–Trinajstić information content (AvgIpc) is 3.24. The molecular formula is C23H24F2N2O5. The Kier molecular flexibility index (Phi) is 6.16. The van der Waals surface area contributed by atoms with Gasteiger partial charge in [0, 0.05) is 30.9 Å².